The smallest absolute Gasteiger partial charge is 0.139 e. The van der Waals surface area contributed by atoms with E-state index in [0.29, 0.717) is 4.99 Å². The number of nitrogens with zero attached hydrogens (tertiary/aromatic N) is 2. The molecular weight excluding hydrogens is 282 g/mol. The van der Waals surface area contributed by atoms with Gasteiger partial charge in [-0.3, -0.25) is 0 Å². The largest absolute Gasteiger partial charge is 0.497 e. The zero-order chi connectivity index (χ0) is 15.4. The Hall–Kier alpha value is -2.14. The third-order valence-electron chi connectivity index (χ3n) is 3.33. The summed E-state index contributed by atoms with van der Waals surface area (Å²) >= 11 is 5.15. The molecule has 0 aliphatic heterocycles. The minimum Gasteiger partial charge on any atom is -0.497 e. The van der Waals surface area contributed by atoms with E-state index < -0.39 is 0 Å². The Kier molecular flexibility index (Phi) is 4.75. The Bertz CT molecular complexity index is 640. The van der Waals surface area contributed by atoms with Gasteiger partial charge in [-0.25, -0.2) is 4.98 Å². The minimum absolute atomic E-state index is 0.372. The summed E-state index contributed by atoms with van der Waals surface area (Å²) < 4.78 is 5.17. The molecule has 1 aromatic heterocycles. The molecule has 0 radical (unpaired) electrons. The number of methoxy groups -OCH3 is 1. The second-order valence-electron chi connectivity index (χ2n) is 4.89. The molecule has 110 valence electrons. The number of anilines is 1. The summed E-state index contributed by atoms with van der Waals surface area (Å²) in [5, 5.41) is 0. The Morgan fingerprint density at radius 3 is 2.52 bits per heavy atom. The van der Waals surface area contributed by atoms with Crippen LogP contribution in [0.5, 0.6) is 5.75 Å². The maximum atomic E-state index is 5.83. The number of pyridine rings is 1. The molecule has 21 heavy (non-hydrogen) atoms. The first-order valence-corrected chi connectivity index (χ1v) is 7.03. The highest BCUT2D eigenvalue weighted by Gasteiger charge is 2.14. The van der Waals surface area contributed by atoms with Crippen molar-refractivity contribution in [2.45, 2.75) is 13.5 Å². The highest BCUT2D eigenvalue weighted by Crippen LogP contribution is 2.22. The second-order valence-corrected chi connectivity index (χ2v) is 5.33. The number of nitrogens with two attached hydrogens (primary N) is 1. The van der Waals surface area contributed by atoms with Crippen molar-refractivity contribution in [3.8, 4) is 5.75 Å². The van der Waals surface area contributed by atoms with Crippen molar-refractivity contribution in [3.05, 3.63) is 53.2 Å². The van der Waals surface area contributed by atoms with Gasteiger partial charge in [-0.15, -0.1) is 0 Å². The molecule has 1 aromatic carbocycles. The van der Waals surface area contributed by atoms with E-state index in [1.165, 1.54) is 0 Å². The van der Waals surface area contributed by atoms with Crippen LogP contribution in [0.1, 0.15) is 16.7 Å². The standard InChI is InChI=1S/C16H19N3OS/c1-11-8-9-18-16(14(11)15(17)21)19(2)10-12-4-6-13(20-3)7-5-12/h4-9H,10H2,1-3H3,(H2,17,21). The zero-order valence-corrected chi connectivity index (χ0v) is 13.3. The van der Waals surface area contributed by atoms with Gasteiger partial charge >= 0.3 is 0 Å². The number of aromatic nitrogens is 1. The van der Waals surface area contributed by atoms with Gasteiger partial charge in [0.2, 0.25) is 0 Å². The molecule has 2 aromatic rings. The van der Waals surface area contributed by atoms with Crippen LogP contribution in [0.3, 0.4) is 0 Å². The molecule has 2 N–H and O–H groups in total. The minimum atomic E-state index is 0.372. The van der Waals surface area contributed by atoms with Gasteiger partial charge in [0.1, 0.15) is 16.6 Å². The lowest BCUT2D eigenvalue weighted by atomic mass is 10.1. The summed E-state index contributed by atoms with van der Waals surface area (Å²) in [7, 11) is 3.64. The van der Waals surface area contributed by atoms with E-state index in [-0.39, 0.29) is 0 Å². The first-order valence-electron chi connectivity index (χ1n) is 6.62. The summed E-state index contributed by atoms with van der Waals surface area (Å²) in [5.74, 6) is 1.65. The van der Waals surface area contributed by atoms with Crippen LogP contribution in [0.2, 0.25) is 0 Å². The second kappa shape index (κ2) is 6.54. The average Bonchev–Trinajstić information content (AvgIpc) is 2.47. The van der Waals surface area contributed by atoms with Gasteiger partial charge in [0.15, 0.2) is 0 Å². The molecule has 1 heterocycles. The summed E-state index contributed by atoms with van der Waals surface area (Å²) in [6, 6.07) is 9.87. The Morgan fingerprint density at radius 1 is 1.29 bits per heavy atom. The topological polar surface area (TPSA) is 51.4 Å². The fourth-order valence-corrected chi connectivity index (χ4v) is 2.47. The van der Waals surface area contributed by atoms with E-state index in [4.69, 9.17) is 22.7 Å². The highest BCUT2D eigenvalue weighted by molar-refractivity contribution is 7.80. The predicted octanol–water partition coefficient (Wildman–Crippen LogP) is 2.67. The monoisotopic (exact) mass is 301 g/mol. The molecule has 0 saturated heterocycles. The third-order valence-corrected chi connectivity index (χ3v) is 3.53. The van der Waals surface area contributed by atoms with Crippen LogP contribution in [0.4, 0.5) is 5.82 Å². The molecule has 0 aliphatic carbocycles. The van der Waals surface area contributed by atoms with Gasteiger partial charge in [-0.1, -0.05) is 24.4 Å². The van der Waals surface area contributed by atoms with E-state index >= 15 is 0 Å². The lowest BCUT2D eigenvalue weighted by Gasteiger charge is -2.22. The first kappa shape index (κ1) is 15.3. The Balaban J connectivity index is 2.25. The molecule has 0 spiro atoms. The fraction of sp³-hybridized carbons (Fsp3) is 0.250. The number of ether oxygens (including phenoxy) is 1. The van der Waals surface area contributed by atoms with Crippen LogP contribution in [-0.4, -0.2) is 24.1 Å². The van der Waals surface area contributed by atoms with Crippen molar-refractivity contribution in [1.29, 1.82) is 0 Å². The first-order chi connectivity index (χ1) is 10.0. The van der Waals surface area contributed by atoms with Crippen LogP contribution in [-0.2, 0) is 6.54 Å². The van der Waals surface area contributed by atoms with E-state index in [1.807, 2.05) is 49.2 Å². The van der Waals surface area contributed by atoms with Crippen LogP contribution >= 0.6 is 12.2 Å². The molecule has 5 heteroatoms. The van der Waals surface area contributed by atoms with E-state index in [0.717, 1.165) is 34.8 Å². The number of benzene rings is 1. The van der Waals surface area contributed by atoms with Gasteiger partial charge in [-0.2, -0.15) is 0 Å². The molecule has 0 fully saturated rings. The van der Waals surface area contributed by atoms with Crippen LogP contribution in [0.25, 0.3) is 0 Å². The van der Waals surface area contributed by atoms with Gasteiger partial charge in [0.05, 0.1) is 12.7 Å². The van der Waals surface area contributed by atoms with Crippen molar-refractivity contribution in [2.24, 2.45) is 5.73 Å². The van der Waals surface area contributed by atoms with Gasteiger partial charge in [-0.05, 0) is 36.2 Å². The number of rotatable bonds is 5. The molecule has 0 saturated carbocycles. The molecule has 0 amide bonds. The van der Waals surface area contributed by atoms with Crippen LogP contribution in [0.15, 0.2) is 36.5 Å². The molecular formula is C16H19N3OS. The van der Waals surface area contributed by atoms with Crippen molar-refractivity contribution in [2.75, 3.05) is 19.1 Å². The predicted molar refractivity (Wildman–Crippen MR) is 90.0 cm³/mol. The van der Waals surface area contributed by atoms with Crippen molar-refractivity contribution >= 4 is 23.0 Å². The normalized spacial score (nSPS) is 10.2. The van der Waals surface area contributed by atoms with Crippen molar-refractivity contribution in [3.63, 3.8) is 0 Å². The zero-order valence-electron chi connectivity index (χ0n) is 12.5. The Labute approximate surface area is 130 Å². The van der Waals surface area contributed by atoms with Crippen LogP contribution < -0.4 is 15.4 Å². The van der Waals surface area contributed by atoms with Gasteiger partial charge in [0, 0.05) is 19.8 Å². The van der Waals surface area contributed by atoms with Crippen molar-refractivity contribution in [1.82, 2.24) is 4.98 Å². The molecule has 0 bridgehead atoms. The molecule has 2 rings (SSSR count). The SMILES string of the molecule is COc1ccc(CN(C)c2nccc(C)c2C(N)=S)cc1. The van der Waals surface area contributed by atoms with E-state index in [9.17, 15) is 0 Å². The van der Waals surface area contributed by atoms with Gasteiger partial charge in [0.25, 0.3) is 0 Å². The third kappa shape index (κ3) is 3.49. The fourth-order valence-electron chi connectivity index (χ4n) is 2.22. The highest BCUT2D eigenvalue weighted by atomic mass is 32.1. The summed E-state index contributed by atoms with van der Waals surface area (Å²) in [6.07, 6.45) is 1.77. The lowest BCUT2D eigenvalue weighted by Crippen LogP contribution is -2.23. The van der Waals surface area contributed by atoms with E-state index in [2.05, 4.69) is 4.98 Å². The summed E-state index contributed by atoms with van der Waals surface area (Å²) in [5.41, 5.74) is 8.87. The van der Waals surface area contributed by atoms with Crippen LogP contribution in [0, 0.1) is 6.92 Å². The maximum absolute atomic E-state index is 5.83. The van der Waals surface area contributed by atoms with Crippen molar-refractivity contribution < 1.29 is 4.74 Å². The number of thiocarbonyl (C=S) groups is 1. The lowest BCUT2D eigenvalue weighted by molar-refractivity contribution is 0.414. The summed E-state index contributed by atoms with van der Waals surface area (Å²) in [4.78, 5) is 6.84. The maximum Gasteiger partial charge on any atom is 0.139 e. The van der Waals surface area contributed by atoms with E-state index in [1.54, 1.807) is 13.3 Å². The number of hydrogen-bond acceptors (Lipinski definition) is 4. The average molecular weight is 301 g/mol. The number of hydrogen-bond donors (Lipinski definition) is 1. The Morgan fingerprint density at radius 2 is 1.95 bits per heavy atom. The number of aryl methyl sites for hydroxylation is 1. The molecule has 0 unspecified atom stereocenters. The molecule has 4 nitrogen and oxygen atoms in total. The van der Waals surface area contributed by atoms with Gasteiger partial charge < -0.3 is 15.4 Å². The summed E-state index contributed by atoms with van der Waals surface area (Å²) in [6.45, 7) is 2.71. The quantitative estimate of drug-likeness (QED) is 0.861. The molecule has 0 atom stereocenters. The molecule has 0 aliphatic rings.